The molecule has 1 amide bonds. The molecule has 1 fully saturated rings. The molecule has 2 aliphatic heterocycles. The fourth-order valence-electron chi connectivity index (χ4n) is 3.76. The van der Waals surface area contributed by atoms with Crippen LogP contribution in [0.5, 0.6) is 0 Å². The van der Waals surface area contributed by atoms with E-state index in [1.165, 1.54) is 16.4 Å². The predicted molar refractivity (Wildman–Crippen MR) is 112 cm³/mol. The number of hydrogen-bond acceptors (Lipinski definition) is 4. The van der Waals surface area contributed by atoms with Gasteiger partial charge in [0.05, 0.1) is 16.5 Å². The summed E-state index contributed by atoms with van der Waals surface area (Å²) in [7, 11) is -3.77. The van der Waals surface area contributed by atoms with Gasteiger partial charge in [-0.15, -0.1) is 11.8 Å². The van der Waals surface area contributed by atoms with Crippen LogP contribution in [0.1, 0.15) is 12.8 Å². The van der Waals surface area contributed by atoms with Crippen molar-refractivity contribution in [3.05, 3.63) is 53.3 Å². The molecular formula is C20H20ClFN2O3S2. The van der Waals surface area contributed by atoms with E-state index < -0.39 is 21.8 Å². The van der Waals surface area contributed by atoms with Crippen molar-refractivity contribution in [3.8, 4) is 0 Å². The first-order valence-electron chi connectivity index (χ1n) is 9.36. The van der Waals surface area contributed by atoms with Gasteiger partial charge in [0.2, 0.25) is 15.9 Å². The Morgan fingerprint density at radius 2 is 1.90 bits per heavy atom. The largest absolute Gasteiger partial charge is 0.310 e. The van der Waals surface area contributed by atoms with E-state index >= 15 is 0 Å². The Morgan fingerprint density at radius 3 is 2.66 bits per heavy atom. The monoisotopic (exact) mass is 454 g/mol. The Morgan fingerprint density at radius 1 is 1.14 bits per heavy atom. The molecule has 1 atom stereocenters. The van der Waals surface area contributed by atoms with Crippen LogP contribution in [0.15, 0.2) is 52.3 Å². The Bertz CT molecular complexity index is 1030. The van der Waals surface area contributed by atoms with Gasteiger partial charge in [0.15, 0.2) is 0 Å². The van der Waals surface area contributed by atoms with Crippen LogP contribution in [-0.4, -0.2) is 44.0 Å². The second-order valence-corrected chi connectivity index (χ2v) is 10.6. The lowest BCUT2D eigenvalue weighted by Gasteiger charge is -2.36. The predicted octanol–water partition coefficient (Wildman–Crippen LogP) is 4.02. The van der Waals surface area contributed by atoms with Crippen LogP contribution in [0, 0.1) is 11.7 Å². The first kappa shape index (κ1) is 20.7. The first-order valence-corrected chi connectivity index (χ1v) is 12.2. The Labute approximate surface area is 178 Å². The van der Waals surface area contributed by atoms with Crippen molar-refractivity contribution in [1.29, 1.82) is 0 Å². The van der Waals surface area contributed by atoms with Gasteiger partial charge in [0, 0.05) is 35.3 Å². The van der Waals surface area contributed by atoms with E-state index in [0.29, 0.717) is 31.0 Å². The number of piperidine rings is 1. The molecule has 9 heteroatoms. The maximum absolute atomic E-state index is 13.3. The number of carbonyl (C=O) groups is 1. The van der Waals surface area contributed by atoms with Crippen molar-refractivity contribution in [2.24, 2.45) is 5.92 Å². The molecule has 2 aromatic rings. The molecule has 2 aliphatic rings. The van der Waals surface area contributed by atoms with Crippen LogP contribution in [0.3, 0.4) is 0 Å². The molecule has 154 valence electrons. The second kappa shape index (κ2) is 8.26. The number of sulfonamides is 1. The molecule has 29 heavy (non-hydrogen) atoms. The van der Waals surface area contributed by atoms with Crippen molar-refractivity contribution in [1.82, 2.24) is 4.31 Å². The Balaban J connectivity index is 1.56. The van der Waals surface area contributed by atoms with Gasteiger partial charge < -0.3 is 4.90 Å². The zero-order valence-corrected chi connectivity index (χ0v) is 17.9. The molecule has 0 bridgehead atoms. The van der Waals surface area contributed by atoms with Gasteiger partial charge in [-0.1, -0.05) is 11.6 Å². The summed E-state index contributed by atoms with van der Waals surface area (Å²) in [5, 5.41) is 0.563. The molecule has 1 saturated heterocycles. The standard InChI is InChI=1S/C20H20ClFN2O3S2/c21-15-3-8-19-18(12-15)24(10-11-28-19)20(25)14-2-1-9-23(13-14)29(26,27)17-6-4-16(22)5-7-17/h3-8,12,14H,1-2,9-11,13H2. The van der Waals surface area contributed by atoms with E-state index in [-0.39, 0.29) is 17.3 Å². The summed E-state index contributed by atoms with van der Waals surface area (Å²) in [6, 6.07) is 10.3. The Hall–Kier alpha value is -1.61. The lowest BCUT2D eigenvalue weighted by molar-refractivity contribution is -0.123. The van der Waals surface area contributed by atoms with Crippen LogP contribution in [-0.2, 0) is 14.8 Å². The molecule has 0 aromatic heterocycles. The average Bonchev–Trinajstić information content (AvgIpc) is 2.73. The van der Waals surface area contributed by atoms with Crippen molar-refractivity contribution < 1.29 is 17.6 Å². The zero-order chi connectivity index (χ0) is 20.6. The third kappa shape index (κ3) is 4.17. The van der Waals surface area contributed by atoms with Crippen LogP contribution in [0.2, 0.25) is 5.02 Å². The van der Waals surface area contributed by atoms with Crippen LogP contribution in [0.4, 0.5) is 10.1 Å². The number of carbonyl (C=O) groups excluding carboxylic acids is 1. The van der Waals surface area contributed by atoms with Crippen molar-refractivity contribution in [2.75, 3.05) is 30.3 Å². The minimum absolute atomic E-state index is 0.0403. The maximum Gasteiger partial charge on any atom is 0.243 e. The van der Waals surface area contributed by atoms with E-state index in [1.807, 2.05) is 6.07 Å². The van der Waals surface area contributed by atoms with Gasteiger partial charge in [-0.25, -0.2) is 12.8 Å². The number of fused-ring (bicyclic) bond motifs is 1. The fourth-order valence-corrected chi connectivity index (χ4v) is 6.42. The van der Waals surface area contributed by atoms with Gasteiger partial charge in [0.1, 0.15) is 5.82 Å². The highest BCUT2D eigenvalue weighted by molar-refractivity contribution is 7.99. The van der Waals surface area contributed by atoms with E-state index in [4.69, 9.17) is 11.6 Å². The van der Waals surface area contributed by atoms with E-state index in [2.05, 4.69) is 0 Å². The first-order chi connectivity index (χ1) is 13.9. The number of benzene rings is 2. The van der Waals surface area contributed by atoms with Gasteiger partial charge in [-0.3, -0.25) is 4.79 Å². The van der Waals surface area contributed by atoms with Crippen LogP contribution < -0.4 is 4.90 Å². The summed E-state index contributed by atoms with van der Waals surface area (Å²) >= 11 is 7.81. The molecule has 0 spiro atoms. The van der Waals surface area contributed by atoms with Crippen LogP contribution >= 0.6 is 23.4 Å². The third-order valence-corrected chi connectivity index (χ3v) is 8.39. The van der Waals surface area contributed by atoms with E-state index in [9.17, 15) is 17.6 Å². The molecule has 5 nitrogen and oxygen atoms in total. The van der Waals surface area contributed by atoms with Gasteiger partial charge >= 0.3 is 0 Å². The van der Waals surface area contributed by atoms with Crippen LogP contribution in [0.25, 0.3) is 0 Å². The SMILES string of the molecule is O=C(C1CCCN(S(=O)(=O)c2ccc(F)cc2)C1)N1CCSc2ccc(Cl)cc21. The van der Waals surface area contributed by atoms with Gasteiger partial charge in [-0.2, -0.15) is 4.31 Å². The highest BCUT2D eigenvalue weighted by Crippen LogP contribution is 2.38. The smallest absolute Gasteiger partial charge is 0.243 e. The number of thioether (sulfide) groups is 1. The number of amides is 1. The van der Waals surface area contributed by atoms with E-state index in [1.54, 1.807) is 28.8 Å². The molecule has 2 heterocycles. The molecule has 0 saturated carbocycles. The molecule has 0 N–H and O–H groups in total. The normalized spacial score (nSPS) is 20.3. The number of anilines is 1. The lowest BCUT2D eigenvalue weighted by Crippen LogP contribution is -2.48. The van der Waals surface area contributed by atoms with Crippen molar-refractivity contribution in [3.63, 3.8) is 0 Å². The summed E-state index contributed by atoms with van der Waals surface area (Å²) in [6.07, 6.45) is 1.23. The summed E-state index contributed by atoms with van der Waals surface area (Å²) in [4.78, 5) is 16.1. The number of halogens is 2. The summed E-state index contributed by atoms with van der Waals surface area (Å²) in [5.41, 5.74) is 0.789. The quantitative estimate of drug-likeness (QED) is 0.702. The highest BCUT2D eigenvalue weighted by atomic mass is 35.5. The molecule has 2 aromatic carbocycles. The second-order valence-electron chi connectivity index (χ2n) is 7.11. The van der Waals surface area contributed by atoms with E-state index in [0.717, 1.165) is 28.5 Å². The summed E-state index contributed by atoms with van der Waals surface area (Å²) in [5.74, 6) is -0.206. The van der Waals surface area contributed by atoms with Gasteiger partial charge in [0.25, 0.3) is 0 Å². The zero-order valence-electron chi connectivity index (χ0n) is 15.6. The summed E-state index contributed by atoms with van der Waals surface area (Å²) < 4.78 is 40.4. The molecule has 0 radical (unpaired) electrons. The molecule has 1 unspecified atom stereocenters. The minimum atomic E-state index is -3.77. The molecule has 4 rings (SSSR count). The van der Waals surface area contributed by atoms with Gasteiger partial charge in [-0.05, 0) is 55.3 Å². The fraction of sp³-hybridized carbons (Fsp3) is 0.350. The molecular weight excluding hydrogens is 435 g/mol. The lowest BCUT2D eigenvalue weighted by atomic mass is 9.97. The highest BCUT2D eigenvalue weighted by Gasteiger charge is 2.36. The summed E-state index contributed by atoms with van der Waals surface area (Å²) in [6.45, 7) is 1.04. The third-order valence-electron chi connectivity index (χ3n) is 5.24. The number of hydrogen-bond donors (Lipinski definition) is 0. The average molecular weight is 455 g/mol. The number of rotatable bonds is 3. The van der Waals surface area contributed by atoms with Crippen molar-refractivity contribution >= 4 is 45.0 Å². The maximum atomic E-state index is 13.3. The van der Waals surface area contributed by atoms with Crippen molar-refractivity contribution in [2.45, 2.75) is 22.6 Å². The minimum Gasteiger partial charge on any atom is -0.310 e. The Kier molecular flexibility index (Phi) is 5.88. The number of nitrogens with zero attached hydrogens (tertiary/aromatic N) is 2. The molecule has 0 aliphatic carbocycles. The topological polar surface area (TPSA) is 57.7 Å².